The number of thiazole rings is 1. The molecule has 0 atom stereocenters. The van der Waals surface area contributed by atoms with E-state index in [0.717, 1.165) is 27.3 Å². The zero-order valence-corrected chi connectivity index (χ0v) is 20.5. The van der Waals surface area contributed by atoms with E-state index in [2.05, 4.69) is 115 Å². The van der Waals surface area contributed by atoms with E-state index in [9.17, 15) is 0 Å². The van der Waals surface area contributed by atoms with Crippen molar-refractivity contribution in [3.63, 3.8) is 0 Å². The number of fused-ring (bicyclic) bond motifs is 13. The lowest BCUT2D eigenvalue weighted by atomic mass is 9.73. The van der Waals surface area contributed by atoms with E-state index in [1.165, 1.54) is 49.2 Å². The first-order chi connectivity index (χ1) is 18.4. The third kappa shape index (κ3) is 2.29. The summed E-state index contributed by atoms with van der Waals surface area (Å²) >= 11 is 1.76. The van der Waals surface area contributed by atoms with Crippen LogP contribution in [0.1, 0.15) is 22.5 Å². The van der Waals surface area contributed by atoms with Gasteiger partial charge in [-0.15, -0.1) is 11.3 Å². The number of nitrogens with zero attached hydrogens (tertiary/aromatic N) is 1. The van der Waals surface area contributed by atoms with Crippen LogP contribution in [0.3, 0.4) is 0 Å². The summed E-state index contributed by atoms with van der Waals surface area (Å²) in [4.78, 5) is 5.09. The molecular formula is C34H19NOS. The third-order valence-electron chi connectivity index (χ3n) is 8.13. The van der Waals surface area contributed by atoms with E-state index < -0.39 is 5.41 Å². The van der Waals surface area contributed by atoms with Crippen molar-refractivity contribution in [1.82, 2.24) is 4.98 Å². The fourth-order valence-electron chi connectivity index (χ4n) is 6.75. The van der Waals surface area contributed by atoms with Crippen LogP contribution < -0.4 is 0 Å². The number of benzene rings is 5. The second-order valence-electron chi connectivity index (χ2n) is 9.86. The topological polar surface area (TPSA) is 26.0 Å². The molecule has 2 heterocycles. The molecule has 1 spiro atoms. The van der Waals surface area contributed by atoms with Gasteiger partial charge in [-0.05, 0) is 46.0 Å². The Bertz CT molecular complexity index is 1980. The molecule has 0 fully saturated rings. The van der Waals surface area contributed by atoms with E-state index >= 15 is 0 Å². The van der Waals surface area contributed by atoms with E-state index in [0.29, 0.717) is 0 Å². The van der Waals surface area contributed by atoms with Gasteiger partial charge >= 0.3 is 0 Å². The van der Waals surface area contributed by atoms with Gasteiger partial charge in [0.2, 0.25) is 0 Å². The van der Waals surface area contributed by atoms with Gasteiger partial charge in [-0.3, -0.25) is 0 Å². The van der Waals surface area contributed by atoms with Gasteiger partial charge in [-0.25, -0.2) is 4.98 Å². The lowest BCUT2D eigenvalue weighted by molar-refractivity contribution is 0.507. The highest BCUT2D eigenvalue weighted by molar-refractivity contribution is 7.21. The van der Waals surface area contributed by atoms with Crippen molar-refractivity contribution in [2.75, 3.05) is 0 Å². The van der Waals surface area contributed by atoms with Gasteiger partial charge in [0.1, 0.15) is 21.8 Å². The molecule has 0 aliphatic heterocycles. The largest absolute Gasteiger partial charge is 0.459 e. The molecule has 0 saturated carbocycles. The number of furan rings is 1. The summed E-state index contributed by atoms with van der Waals surface area (Å²) in [7, 11) is 0. The van der Waals surface area contributed by atoms with Crippen molar-refractivity contribution in [1.29, 1.82) is 0 Å². The van der Waals surface area contributed by atoms with E-state index in [1.54, 1.807) is 11.3 Å². The number of para-hydroxylation sites is 2. The fourth-order valence-corrected chi connectivity index (χ4v) is 7.75. The van der Waals surface area contributed by atoms with Crippen LogP contribution in [0.4, 0.5) is 0 Å². The second kappa shape index (κ2) is 6.84. The normalized spacial score (nSPS) is 14.2. The molecule has 2 aliphatic rings. The molecule has 2 aliphatic carbocycles. The average molecular weight is 490 g/mol. The van der Waals surface area contributed by atoms with Crippen LogP contribution in [-0.2, 0) is 5.41 Å². The summed E-state index contributed by atoms with van der Waals surface area (Å²) in [5, 5.41) is 2.21. The predicted molar refractivity (Wildman–Crippen MR) is 151 cm³/mol. The molecule has 9 rings (SSSR count). The van der Waals surface area contributed by atoms with Crippen LogP contribution in [0, 0.1) is 0 Å². The minimum atomic E-state index is -0.496. The fraction of sp³-hybridized carbons (Fsp3) is 0.0294. The smallest absolute Gasteiger partial charge is 0.135 e. The molecule has 0 radical (unpaired) electrons. The van der Waals surface area contributed by atoms with Crippen molar-refractivity contribution in [3.8, 4) is 32.8 Å². The van der Waals surface area contributed by atoms with Crippen LogP contribution in [-0.4, -0.2) is 4.98 Å². The van der Waals surface area contributed by atoms with Gasteiger partial charge in [0.05, 0.1) is 10.2 Å². The van der Waals surface area contributed by atoms with Crippen LogP contribution >= 0.6 is 11.3 Å². The highest BCUT2D eigenvalue weighted by atomic mass is 32.1. The predicted octanol–water partition coefficient (Wildman–Crippen LogP) is 9.05. The standard InChI is InChI=1S/C34H19NOS/c1-4-14-24-20(10-1)21-11-2-5-15-25(21)34(24)26-16-9-13-23(33-35-27-17-6-8-19-29(27)37-33)30(26)31-22-12-3-7-18-28(22)36-32(31)34/h1-19H. The molecule has 0 amide bonds. The van der Waals surface area contributed by atoms with E-state index in [-0.39, 0.29) is 0 Å². The van der Waals surface area contributed by atoms with Crippen molar-refractivity contribution >= 4 is 32.5 Å². The Morgan fingerprint density at radius 2 is 1.22 bits per heavy atom. The molecule has 2 nitrogen and oxygen atoms in total. The molecule has 0 bridgehead atoms. The molecule has 0 unspecified atom stereocenters. The van der Waals surface area contributed by atoms with Gasteiger partial charge < -0.3 is 4.42 Å². The number of rotatable bonds is 1. The quantitative estimate of drug-likeness (QED) is 0.230. The molecular weight excluding hydrogens is 470 g/mol. The van der Waals surface area contributed by atoms with Gasteiger partial charge in [0, 0.05) is 22.1 Å². The van der Waals surface area contributed by atoms with Crippen molar-refractivity contribution in [3.05, 3.63) is 138 Å². The van der Waals surface area contributed by atoms with Gasteiger partial charge in [0.15, 0.2) is 0 Å². The molecule has 7 aromatic rings. The molecule has 0 saturated heterocycles. The Morgan fingerprint density at radius 1 is 0.568 bits per heavy atom. The van der Waals surface area contributed by atoms with E-state index in [4.69, 9.17) is 9.40 Å². The summed E-state index contributed by atoms with van der Waals surface area (Å²) in [6.45, 7) is 0. The molecule has 3 heteroatoms. The summed E-state index contributed by atoms with van der Waals surface area (Å²) in [5.74, 6) is 1.02. The SMILES string of the molecule is c1ccc2c(c1)-c1ccccc1C21c2cccc(-c3nc4ccccc4s3)c2-c2c1oc1ccccc21. The van der Waals surface area contributed by atoms with Crippen LogP contribution in [0.15, 0.2) is 120 Å². The zero-order chi connectivity index (χ0) is 24.1. The summed E-state index contributed by atoms with van der Waals surface area (Å²) in [6, 6.07) is 41.2. The van der Waals surface area contributed by atoms with Crippen molar-refractivity contribution < 1.29 is 4.42 Å². The molecule has 172 valence electrons. The number of hydrogen-bond donors (Lipinski definition) is 0. The van der Waals surface area contributed by atoms with Gasteiger partial charge in [0.25, 0.3) is 0 Å². The first kappa shape index (κ1) is 19.7. The molecule has 2 aromatic heterocycles. The highest BCUT2D eigenvalue weighted by Crippen LogP contribution is 2.65. The van der Waals surface area contributed by atoms with Gasteiger partial charge in [-0.1, -0.05) is 97.1 Å². The Kier molecular flexibility index (Phi) is 3.64. The maximum Gasteiger partial charge on any atom is 0.135 e. The summed E-state index contributed by atoms with van der Waals surface area (Å²) in [6.07, 6.45) is 0. The number of hydrogen-bond acceptors (Lipinski definition) is 3. The molecule has 0 N–H and O–H groups in total. The highest BCUT2D eigenvalue weighted by Gasteiger charge is 2.55. The van der Waals surface area contributed by atoms with Gasteiger partial charge in [-0.2, -0.15) is 0 Å². The summed E-state index contributed by atoms with van der Waals surface area (Å²) in [5.41, 5.74) is 11.5. The van der Waals surface area contributed by atoms with Crippen LogP contribution in [0.2, 0.25) is 0 Å². The zero-order valence-electron chi connectivity index (χ0n) is 19.7. The maximum atomic E-state index is 6.88. The first-order valence-electron chi connectivity index (χ1n) is 12.6. The first-order valence-corrected chi connectivity index (χ1v) is 13.4. The van der Waals surface area contributed by atoms with Crippen molar-refractivity contribution in [2.24, 2.45) is 0 Å². The van der Waals surface area contributed by atoms with Crippen LogP contribution in [0.25, 0.3) is 54.0 Å². The van der Waals surface area contributed by atoms with Crippen molar-refractivity contribution in [2.45, 2.75) is 5.41 Å². The maximum absolute atomic E-state index is 6.88. The average Bonchev–Trinajstić information content (AvgIpc) is 3.69. The minimum Gasteiger partial charge on any atom is -0.459 e. The lowest BCUT2D eigenvalue weighted by Crippen LogP contribution is -2.25. The number of aromatic nitrogens is 1. The third-order valence-corrected chi connectivity index (χ3v) is 9.20. The Hall–Kier alpha value is -4.47. The molecule has 5 aromatic carbocycles. The van der Waals surface area contributed by atoms with E-state index in [1.807, 2.05) is 0 Å². The lowest BCUT2D eigenvalue weighted by Gasteiger charge is -2.28. The summed E-state index contributed by atoms with van der Waals surface area (Å²) < 4.78 is 8.08. The molecule has 37 heavy (non-hydrogen) atoms. The Labute approximate surface area is 217 Å². The van der Waals surface area contributed by atoms with Crippen LogP contribution in [0.5, 0.6) is 0 Å². The minimum absolute atomic E-state index is 0.496. The second-order valence-corrected chi connectivity index (χ2v) is 10.9. The Morgan fingerprint density at radius 3 is 2.03 bits per heavy atom. The Balaban J connectivity index is 1.49. The monoisotopic (exact) mass is 489 g/mol.